The smallest absolute Gasteiger partial charge is 0.245 e. The zero-order valence-corrected chi connectivity index (χ0v) is 12.8. The molecule has 0 aliphatic carbocycles. The zero-order valence-electron chi connectivity index (χ0n) is 12.8. The highest BCUT2D eigenvalue weighted by Crippen LogP contribution is 2.06. The fourth-order valence-corrected chi connectivity index (χ4v) is 2.10. The van der Waals surface area contributed by atoms with Crippen molar-refractivity contribution in [3.63, 3.8) is 0 Å². The minimum atomic E-state index is -0.325. The number of rotatable bonds is 8. The third-order valence-electron chi connectivity index (χ3n) is 3.21. The summed E-state index contributed by atoms with van der Waals surface area (Å²) in [6.07, 6.45) is 3.94. The molecule has 0 aliphatic rings. The Morgan fingerprint density at radius 2 is 2.04 bits per heavy atom. The highest BCUT2D eigenvalue weighted by atomic mass is 16.5. The van der Waals surface area contributed by atoms with Gasteiger partial charge < -0.3 is 14.7 Å². The Hall–Kier alpha value is -2.89. The van der Waals surface area contributed by atoms with Crippen molar-refractivity contribution in [1.82, 2.24) is 10.1 Å². The molecule has 6 heteroatoms. The number of benzene rings is 1. The molecular formula is C17H19N3O3. The maximum atomic E-state index is 12.3. The molecule has 0 unspecified atom stereocenters. The van der Waals surface area contributed by atoms with Crippen LogP contribution in [0, 0.1) is 0 Å². The van der Waals surface area contributed by atoms with E-state index in [4.69, 9.17) is 0 Å². The van der Waals surface area contributed by atoms with Crippen LogP contribution in [-0.4, -0.2) is 35.0 Å². The number of nitrogens with one attached hydrogen (secondary N) is 1. The number of hydrogen-bond acceptors (Lipinski definition) is 4. The molecule has 0 saturated carbocycles. The number of anilines is 1. The molecule has 1 aromatic heterocycles. The van der Waals surface area contributed by atoms with Crippen molar-refractivity contribution >= 4 is 17.6 Å². The van der Waals surface area contributed by atoms with Crippen LogP contribution in [0.25, 0.3) is 0 Å². The van der Waals surface area contributed by atoms with Gasteiger partial charge >= 0.3 is 0 Å². The Morgan fingerprint density at radius 1 is 1.26 bits per heavy atom. The van der Waals surface area contributed by atoms with Crippen molar-refractivity contribution in [3.8, 4) is 0 Å². The third kappa shape index (κ3) is 5.43. The topological polar surface area (TPSA) is 75.4 Å². The summed E-state index contributed by atoms with van der Waals surface area (Å²) in [5.41, 5.74) is 1.09. The first-order chi connectivity index (χ1) is 11.2. The second-order valence-corrected chi connectivity index (χ2v) is 4.98. The number of carbonyl (C=O) groups is 2. The van der Waals surface area contributed by atoms with Crippen LogP contribution in [-0.2, 0) is 16.0 Å². The molecule has 1 N–H and O–H groups in total. The summed E-state index contributed by atoms with van der Waals surface area (Å²) >= 11 is 0. The van der Waals surface area contributed by atoms with E-state index in [1.165, 1.54) is 17.2 Å². The summed E-state index contributed by atoms with van der Waals surface area (Å²) in [5.74, 6) is -0.0943. The molecule has 0 spiro atoms. The average Bonchev–Trinajstić information content (AvgIpc) is 3.06. The van der Waals surface area contributed by atoms with E-state index in [9.17, 15) is 9.59 Å². The number of carbonyl (C=O) groups excluding carboxylic acids is 2. The van der Waals surface area contributed by atoms with Gasteiger partial charge in [-0.05, 0) is 12.0 Å². The Labute approximate surface area is 134 Å². The van der Waals surface area contributed by atoms with E-state index in [1.54, 1.807) is 6.08 Å². The van der Waals surface area contributed by atoms with E-state index < -0.39 is 0 Å². The van der Waals surface area contributed by atoms with Crippen molar-refractivity contribution in [2.24, 2.45) is 0 Å². The maximum Gasteiger partial charge on any atom is 0.245 e. The van der Waals surface area contributed by atoms with E-state index >= 15 is 0 Å². The third-order valence-corrected chi connectivity index (χ3v) is 3.21. The lowest BCUT2D eigenvalue weighted by atomic mass is 10.1. The Kier molecular flexibility index (Phi) is 6.11. The first kappa shape index (κ1) is 16.5. The molecule has 0 aliphatic heterocycles. The molecule has 23 heavy (non-hydrogen) atoms. The molecule has 0 radical (unpaired) electrons. The number of aromatic nitrogens is 1. The Balaban J connectivity index is 1.87. The highest BCUT2D eigenvalue weighted by molar-refractivity contribution is 5.93. The van der Waals surface area contributed by atoms with Crippen molar-refractivity contribution in [2.75, 3.05) is 18.4 Å². The highest BCUT2D eigenvalue weighted by Gasteiger charge is 2.16. The molecular weight excluding hydrogens is 294 g/mol. The molecule has 0 fully saturated rings. The van der Waals surface area contributed by atoms with E-state index in [-0.39, 0.29) is 18.4 Å². The van der Waals surface area contributed by atoms with E-state index in [0.717, 1.165) is 5.56 Å². The molecule has 0 atom stereocenters. The van der Waals surface area contributed by atoms with Crippen molar-refractivity contribution < 1.29 is 14.1 Å². The van der Waals surface area contributed by atoms with Crippen LogP contribution in [0.15, 0.2) is 59.8 Å². The summed E-state index contributed by atoms with van der Waals surface area (Å²) in [5, 5.41) is 6.17. The fraction of sp³-hybridized carbons (Fsp3) is 0.235. The monoisotopic (exact) mass is 313 g/mol. The minimum absolute atomic E-state index is 0.0491. The van der Waals surface area contributed by atoms with E-state index in [0.29, 0.717) is 25.2 Å². The lowest BCUT2D eigenvalue weighted by molar-refractivity contribution is -0.134. The van der Waals surface area contributed by atoms with Crippen molar-refractivity contribution in [2.45, 2.75) is 12.8 Å². The fourth-order valence-electron chi connectivity index (χ4n) is 2.10. The molecule has 1 heterocycles. The number of hydrogen-bond donors (Lipinski definition) is 1. The number of nitrogens with zero attached hydrogens (tertiary/aromatic N) is 2. The summed E-state index contributed by atoms with van der Waals surface area (Å²) < 4.78 is 4.64. The predicted molar refractivity (Wildman–Crippen MR) is 86.7 cm³/mol. The first-order valence-electron chi connectivity index (χ1n) is 7.32. The molecule has 0 saturated heterocycles. The van der Waals surface area contributed by atoms with Crippen LogP contribution in [0.5, 0.6) is 0 Å². The quantitative estimate of drug-likeness (QED) is 0.759. The molecule has 2 amide bonds. The van der Waals surface area contributed by atoms with Crippen LogP contribution in [0.3, 0.4) is 0 Å². The second kappa shape index (κ2) is 8.53. The van der Waals surface area contributed by atoms with Crippen LogP contribution >= 0.6 is 0 Å². The van der Waals surface area contributed by atoms with Gasteiger partial charge in [-0.2, -0.15) is 0 Å². The van der Waals surface area contributed by atoms with Gasteiger partial charge in [0.2, 0.25) is 11.8 Å². The number of amides is 2. The van der Waals surface area contributed by atoms with Gasteiger partial charge in [-0.15, -0.1) is 6.58 Å². The molecule has 120 valence electrons. The summed E-state index contributed by atoms with van der Waals surface area (Å²) in [7, 11) is 0. The Morgan fingerprint density at radius 3 is 2.70 bits per heavy atom. The standard InChI is InChI=1S/C17H19N3O3/c1-2-11-20(13-16(21)18-15-10-12-23-19-15)17(22)9-8-14-6-4-3-5-7-14/h2-7,10,12H,1,8-9,11,13H2,(H,18,19,21). The van der Waals surface area contributed by atoms with Crippen LogP contribution in [0.2, 0.25) is 0 Å². The SMILES string of the molecule is C=CCN(CC(=O)Nc1ccon1)C(=O)CCc1ccccc1. The molecule has 6 nitrogen and oxygen atoms in total. The Bertz CT molecular complexity index is 638. The van der Waals surface area contributed by atoms with E-state index in [2.05, 4.69) is 21.6 Å². The van der Waals surface area contributed by atoms with Gasteiger partial charge in [-0.25, -0.2) is 0 Å². The molecule has 2 rings (SSSR count). The van der Waals surface area contributed by atoms with E-state index in [1.807, 2.05) is 30.3 Å². The van der Waals surface area contributed by atoms with Gasteiger partial charge in [-0.3, -0.25) is 9.59 Å². The number of aryl methyl sites for hydroxylation is 1. The largest absolute Gasteiger partial charge is 0.363 e. The second-order valence-electron chi connectivity index (χ2n) is 4.98. The summed E-state index contributed by atoms with van der Waals surface area (Å²) in [6.45, 7) is 3.90. The molecule has 0 bridgehead atoms. The predicted octanol–water partition coefficient (Wildman–Crippen LogP) is 2.26. The maximum absolute atomic E-state index is 12.3. The minimum Gasteiger partial charge on any atom is -0.363 e. The van der Waals surface area contributed by atoms with Crippen LogP contribution < -0.4 is 5.32 Å². The summed E-state index contributed by atoms with van der Waals surface area (Å²) in [4.78, 5) is 25.7. The van der Waals surface area contributed by atoms with Crippen LogP contribution in [0.1, 0.15) is 12.0 Å². The van der Waals surface area contributed by atoms with Gasteiger partial charge in [-0.1, -0.05) is 41.6 Å². The molecule has 1 aromatic carbocycles. The van der Waals surface area contributed by atoms with Crippen molar-refractivity contribution in [1.29, 1.82) is 0 Å². The van der Waals surface area contributed by atoms with Gasteiger partial charge in [0.1, 0.15) is 12.8 Å². The lowest BCUT2D eigenvalue weighted by Gasteiger charge is -2.20. The van der Waals surface area contributed by atoms with Gasteiger partial charge in [0.05, 0.1) is 0 Å². The van der Waals surface area contributed by atoms with Gasteiger partial charge in [0.25, 0.3) is 0 Å². The average molecular weight is 313 g/mol. The normalized spacial score (nSPS) is 10.1. The lowest BCUT2D eigenvalue weighted by Crippen LogP contribution is -2.38. The summed E-state index contributed by atoms with van der Waals surface area (Å²) in [6, 6.07) is 11.3. The first-order valence-corrected chi connectivity index (χ1v) is 7.32. The molecule has 2 aromatic rings. The van der Waals surface area contributed by atoms with Crippen LogP contribution in [0.4, 0.5) is 5.82 Å². The van der Waals surface area contributed by atoms with Gasteiger partial charge in [0.15, 0.2) is 5.82 Å². The van der Waals surface area contributed by atoms with Gasteiger partial charge in [0, 0.05) is 19.0 Å². The zero-order chi connectivity index (χ0) is 16.5. The van der Waals surface area contributed by atoms with Crippen molar-refractivity contribution in [3.05, 3.63) is 60.9 Å².